The van der Waals surface area contributed by atoms with Gasteiger partial charge in [-0.2, -0.15) is 5.10 Å². The van der Waals surface area contributed by atoms with E-state index in [2.05, 4.69) is 42.7 Å². The van der Waals surface area contributed by atoms with Crippen LogP contribution in [0.15, 0.2) is 47.7 Å². The summed E-state index contributed by atoms with van der Waals surface area (Å²) in [6.07, 6.45) is 5.91. The van der Waals surface area contributed by atoms with Crippen LogP contribution in [0.3, 0.4) is 0 Å². The lowest BCUT2D eigenvalue weighted by Crippen LogP contribution is -2.47. The Hall–Kier alpha value is -1.52. The van der Waals surface area contributed by atoms with Gasteiger partial charge in [-0.05, 0) is 43.7 Å². The van der Waals surface area contributed by atoms with Crippen molar-refractivity contribution in [3.63, 3.8) is 0 Å². The number of piperazine rings is 1. The lowest BCUT2D eigenvalue weighted by molar-refractivity contribution is 0.255. The van der Waals surface area contributed by atoms with Gasteiger partial charge in [-0.15, -0.1) is 24.0 Å². The van der Waals surface area contributed by atoms with Crippen LogP contribution >= 0.6 is 35.6 Å². The van der Waals surface area contributed by atoms with Gasteiger partial charge in [-0.25, -0.2) is 0 Å². The lowest BCUT2D eigenvalue weighted by atomic mass is 10.2. The fourth-order valence-corrected chi connectivity index (χ4v) is 3.70. The highest BCUT2D eigenvalue weighted by Crippen LogP contribution is 2.20. The average Bonchev–Trinajstić information content (AvgIpc) is 3.26. The smallest absolute Gasteiger partial charge is 0.190 e. The maximum Gasteiger partial charge on any atom is 0.190 e. The second kappa shape index (κ2) is 13.7. The predicted molar refractivity (Wildman–Crippen MR) is 136 cm³/mol. The fourth-order valence-electron chi connectivity index (χ4n) is 3.51. The van der Waals surface area contributed by atoms with Gasteiger partial charge in [0.2, 0.25) is 0 Å². The highest BCUT2D eigenvalue weighted by molar-refractivity contribution is 14.0. The first-order valence-electron chi connectivity index (χ1n) is 10.4. The second-order valence-electron chi connectivity index (χ2n) is 7.21. The summed E-state index contributed by atoms with van der Waals surface area (Å²) >= 11 is 6.12. The molecule has 2 heterocycles. The lowest BCUT2D eigenvalue weighted by Gasteiger charge is -2.36. The van der Waals surface area contributed by atoms with E-state index in [1.54, 1.807) is 0 Å². The van der Waals surface area contributed by atoms with Crippen molar-refractivity contribution >= 4 is 47.2 Å². The number of nitrogens with one attached hydrogen (secondary N) is 2. The Morgan fingerprint density at radius 1 is 1.07 bits per heavy atom. The Morgan fingerprint density at radius 2 is 1.80 bits per heavy atom. The van der Waals surface area contributed by atoms with E-state index >= 15 is 0 Å². The predicted octanol–water partition coefficient (Wildman–Crippen LogP) is 2.92. The van der Waals surface area contributed by atoms with Gasteiger partial charge in [0.05, 0.1) is 0 Å². The summed E-state index contributed by atoms with van der Waals surface area (Å²) in [6.45, 7) is 8.10. The van der Waals surface area contributed by atoms with Gasteiger partial charge in [0.25, 0.3) is 0 Å². The van der Waals surface area contributed by atoms with Crippen LogP contribution in [0.5, 0.6) is 0 Å². The van der Waals surface area contributed by atoms with Gasteiger partial charge >= 0.3 is 0 Å². The zero-order valence-corrected chi connectivity index (χ0v) is 20.7. The van der Waals surface area contributed by atoms with E-state index in [1.165, 1.54) is 5.69 Å². The van der Waals surface area contributed by atoms with Crippen LogP contribution in [-0.4, -0.2) is 73.5 Å². The average molecular weight is 546 g/mol. The molecule has 0 radical (unpaired) electrons. The third-order valence-electron chi connectivity index (χ3n) is 5.13. The first-order chi connectivity index (χ1) is 14.2. The highest BCUT2D eigenvalue weighted by atomic mass is 127. The molecule has 30 heavy (non-hydrogen) atoms. The Labute approximate surface area is 201 Å². The Morgan fingerprint density at radius 3 is 2.43 bits per heavy atom. The van der Waals surface area contributed by atoms with E-state index in [0.29, 0.717) is 0 Å². The van der Waals surface area contributed by atoms with Crippen LogP contribution in [0.25, 0.3) is 0 Å². The molecule has 7 nitrogen and oxygen atoms in total. The molecule has 0 amide bonds. The number of benzene rings is 1. The van der Waals surface area contributed by atoms with Crippen molar-refractivity contribution in [1.29, 1.82) is 0 Å². The molecule has 0 unspecified atom stereocenters. The molecule has 1 fully saturated rings. The van der Waals surface area contributed by atoms with E-state index in [-0.39, 0.29) is 24.0 Å². The molecule has 1 aromatic carbocycles. The van der Waals surface area contributed by atoms with Crippen LogP contribution in [0.2, 0.25) is 5.02 Å². The van der Waals surface area contributed by atoms with E-state index in [4.69, 9.17) is 11.6 Å². The van der Waals surface area contributed by atoms with Crippen molar-refractivity contribution in [2.75, 3.05) is 57.8 Å². The zero-order chi connectivity index (χ0) is 20.3. The number of anilines is 1. The summed E-state index contributed by atoms with van der Waals surface area (Å²) in [5.41, 5.74) is 1.22. The molecule has 2 aromatic rings. The van der Waals surface area contributed by atoms with Crippen LogP contribution < -0.4 is 15.5 Å². The van der Waals surface area contributed by atoms with E-state index in [9.17, 15) is 0 Å². The molecule has 3 rings (SSSR count). The van der Waals surface area contributed by atoms with Crippen molar-refractivity contribution in [2.45, 2.75) is 19.4 Å². The standard InChI is InChI=1S/C21H32ClN7.HI/c1-23-21(25-9-4-12-29-13-5-10-26-29)24-8-3-11-27-14-16-28(17-15-27)20-7-2-6-19(22)18-20;/h2,5-7,10,13,18H,3-4,8-9,11-12,14-17H2,1H3,(H2,23,24,25);1H. The summed E-state index contributed by atoms with van der Waals surface area (Å²) in [5, 5.41) is 11.8. The van der Waals surface area contributed by atoms with Crippen molar-refractivity contribution in [1.82, 2.24) is 25.3 Å². The molecule has 1 aliphatic rings. The van der Waals surface area contributed by atoms with Crippen molar-refractivity contribution < 1.29 is 0 Å². The number of halogens is 2. The van der Waals surface area contributed by atoms with Crippen LogP contribution in [-0.2, 0) is 6.54 Å². The van der Waals surface area contributed by atoms with Gasteiger partial charge in [-0.3, -0.25) is 14.6 Å². The number of aryl methyl sites for hydroxylation is 1. The topological polar surface area (TPSA) is 60.7 Å². The van der Waals surface area contributed by atoms with E-state index in [1.807, 2.05) is 42.3 Å². The Balaban J connectivity index is 0.00000320. The van der Waals surface area contributed by atoms with Crippen molar-refractivity contribution in [3.8, 4) is 0 Å². The Kier molecular flexibility index (Phi) is 11.3. The molecule has 2 N–H and O–H groups in total. The van der Waals surface area contributed by atoms with Crippen molar-refractivity contribution in [2.24, 2.45) is 4.99 Å². The Bertz CT molecular complexity index is 746. The first kappa shape index (κ1) is 24.7. The second-order valence-corrected chi connectivity index (χ2v) is 7.65. The minimum absolute atomic E-state index is 0. The third kappa shape index (κ3) is 8.31. The van der Waals surface area contributed by atoms with Gasteiger partial charge in [0.15, 0.2) is 5.96 Å². The largest absolute Gasteiger partial charge is 0.369 e. The zero-order valence-electron chi connectivity index (χ0n) is 17.6. The van der Waals surface area contributed by atoms with Crippen LogP contribution in [0.4, 0.5) is 5.69 Å². The molecule has 1 aromatic heterocycles. The molecule has 0 atom stereocenters. The highest BCUT2D eigenvalue weighted by Gasteiger charge is 2.16. The molecule has 166 valence electrons. The molecule has 1 saturated heterocycles. The van der Waals surface area contributed by atoms with Gasteiger partial charge < -0.3 is 15.5 Å². The summed E-state index contributed by atoms with van der Waals surface area (Å²) in [6, 6.07) is 10.1. The molecule has 0 bridgehead atoms. The van der Waals surface area contributed by atoms with Crippen molar-refractivity contribution in [3.05, 3.63) is 47.7 Å². The normalized spacial score (nSPS) is 15.0. The van der Waals surface area contributed by atoms with Gasteiger partial charge in [0.1, 0.15) is 0 Å². The third-order valence-corrected chi connectivity index (χ3v) is 5.36. The number of guanidine groups is 1. The number of hydrogen-bond donors (Lipinski definition) is 2. The number of nitrogens with zero attached hydrogens (tertiary/aromatic N) is 5. The summed E-state index contributed by atoms with van der Waals surface area (Å²) in [7, 11) is 1.82. The molecule has 9 heteroatoms. The maximum absolute atomic E-state index is 6.12. The monoisotopic (exact) mass is 545 g/mol. The number of rotatable bonds is 9. The molecule has 1 aliphatic heterocycles. The van der Waals surface area contributed by atoms with Gasteiger partial charge in [0, 0.05) is 76.0 Å². The summed E-state index contributed by atoms with van der Waals surface area (Å²) in [4.78, 5) is 9.24. The summed E-state index contributed by atoms with van der Waals surface area (Å²) in [5.74, 6) is 0.872. The molecule has 0 spiro atoms. The quantitative estimate of drug-likeness (QED) is 0.220. The SMILES string of the molecule is CN=C(NCCCN1CCN(c2cccc(Cl)c2)CC1)NCCCn1cccn1.I. The molecule has 0 saturated carbocycles. The number of aromatic nitrogens is 2. The molecular weight excluding hydrogens is 513 g/mol. The van der Waals surface area contributed by atoms with E-state index < -0.39 is 0 Å². The minimum atomic E-state index is 0. The minimum Gasteiger partial charge on any atom is -0.369 e. The number of hydrogen-bond acceptors (Lipinski definition) is 4. The summed E-state index contributed by atoms with van der Waals surface area (Å²) < 4.78 is 1.95. The molecular formula is C21H33ClIN7. The van der Waals surface area contributed by atoms with Crippen LogP contribution in [0, 0.1) is 0 Å². The fraction of sp³-hybridized carbons (Fsp3) is 0.524. The van der Waals surface area contributed by atoms with E-state index in [0.717, 1.165) is 76.2 Å². The number of aliphatic imine (C=N–C) groups is 1. The van der Waals surface area contributed by atoms with Gasteiger partial charge in [-0.1, -0.05) is 17.7 Å². The molecule has 0 aliphatic carbocycles. The van der Waals surface area contributed by atoms with Crippen LogP contribution in [0.1, 0.15) is 12.8 Å². The maximum atomic E-state index is 6.12. The first-order valence-corrected chi connectivity index (χ1v) is 10.8.